The topological polar surface area (TPSA) is 52.6 Å². The zero-order chi connectivity index (χ0) is 16.9. The van der Waals surface area contributed by atoms with Gasteiger partial charge in [0.2, 0.25) is 0 Å². The van der Waals surface area contributed by atoms with E-state index >= 15 is 0 Å². The smallest absolute Gasteiger partial charge is 0.325 e. The van der Waals surface area contributed by atoms with Gasteiger partial charge in [0.15, 0.2) is 10.8 Å². The van der Waals surface area contributed by atoms with E-state index in [0.29, 0.717) is 11.1 Å². The van der Waals surface area contributed by atoms with Crippen molar-refractivity contribution in [3.63, 3.8) is 0 Å². The maximum absolute atomic E-state index is 11.4. The van der Waals surface area contributed by atoms with Crippen molar-refractivity contribution >= 4 is 58.3 Å². The van der Waals surface area contributed by atoms with Gasteiger partial charge in [0, 0.05) is 0 Å². The number of methoxy groups -OCH3 is 2. The second kappa shape index (κ2) is 8.82. The fourth-order valence-corrected chi connectivity index (χ4v) is 2.65. The molecule has 0 amide bonds. The zero-order valence-electron chi connectivity index (χ0n) is 11.8. The predicted molar refractivity (Wildman–Crippen MR) is 86.9 cm³/mol. The molecular formula is C14H14Cl4O4. The van der Waals surface area contributed by atoms with Gasteiger partial charge in [-0.25, -0.2) is 0 Å². The Morgan fingerprint density at radius 1 is 0.864 bits per heavy atom. The Balaban J connectivity index is 2.99. The molecule has 0 fully saturated rings. The van der Waals surface area contributed by atoms with Gasteiger partial charge in [-0.1, -0.05) is 24.3 Å². The molecule has 0 aromatic heterocycles. The molecule has 0 N–H and O–H groups in total. The highest BCUT2D eigenvalue weighted by Gasteiger charge is 2.30. The number of rotatable bonds is 6. The van der Waals surface area contributed by atoms with Crippen molar-refractivity contribution in [2.45, 2.75) is 21.5 Å². The highest BCUT2D eigenvalue weighted by atomic mass is 35.5. The summed E-state index contributed by atoms with van der Waals surface area (Å²) in [6.07, 6.45) is 0. The lowest BCUT2D eigenvalue weighted by molar-refractivity contribution is -0.141. The minimum atomic E-state index is -1.05. The largest absolute Gasteiger partial charge is 0.468 e. The molecule has 1 aromatic carbocycles. The van der Waals surface area contributed by atoms with Crippen LogP contribution < -0.4 is 0 Å². The van der Waals surface area contributed by atoms with Gasteiger partial charge in [-0.2, -0.15) is 0 Å². The first-order valence-corrected chi connectivity index (χ1v) is 7.89. The molecule has 0 aliphatic heterocycles. The third kappa shape index (κ3) is 4.66. The molecule has 0 bridgehead atoms. The zero-order valence-corrected chi connectivity index (χ0v) is 14.8. The summed E-state index contributed by atoms with van der Waals surface area (Å²) < 4.78 is 9.11. The molecule has 0 aliphatic rings. The summed E-state index contributed by atoms with van der Waals surface area (Å²) in [6, 6.07) is 6.68. The average Bonchev–Trinajstić information content (AvgIpc) is 2.57. The Morgan fingerprint density at radius 2 is 1.23 bits per heavy atom. The molecule has 0 heterocycles. The van der Waals surface area contributed by atoms with Crippen LogP contribution >= 0.6 is 46.4 Å². The third-order valence-electron chi connectivity index (χ3n) is 2.91. The van der Waals surface area contributed by atoms with Crippen LogP contribution in [0.25, 0.3) is 0 Å². The van der Waals surface area contributed by atoms with Crippen molar-refractivity contribution in [1.29, 1.82) is 0 Å². The number of alkyl halides is 4. The number of benzene rings is 1. The summed E-state index contributed by atoms with van der Waals surface area (Å²) in [7, 11) is 2.45. The predicted octanol–water partition coefficient (Wildman–Crippen LogP) is 3.81. The van der Waals surface area contributed by atoms with E-state index in [4.69, 9.17) is 46.4 Å². The molecule has 1 rings (SSSR count). The monoisotopic (exact) mass is 386 g/mol. The lowest BCUT2D eigenvalue weighted by Crippen LogP contribution is -2.22. The molecule has 0 aliphatic carbocycles. The van der Waals surface area contributed by atoms with E-state index in [9.17, 15) is 9.59 Å². The first-order valence-electron chi connectivity index (χ1n) is 6.15. The average molecular weight is 388 g/mol. The van der Waals surface area contributed by atoms with Crippen LogP contribution in [0.2, 0.25) is 0 Å². The Morgan fingerprint density at radius 3 is 1.55 bits per heavy atom. The molecule has 0 radical (unpaired) electrons. The van der Waals surface area contributed by atoms with Crippen LogP contribution in [0.5, 0.6) is 0 Å². The normalized spacial score (nSPS) is 16.3. The van der Waals surface area contributed by atoms with Gasteiger partial charge in [0.25, 0.3) is 0 Å². The molecule has 0 unspecified atom stereocenters. The van der Waals surface area contributed by atoms with Crippen LogP contribution in [0.3, 0.4) is 0 Å². The summed E-state index contributed by atoms with van der Waals surface area (Å²) in [5, 5.41) is -3.74. The second-order valence-electron chi connectivity index (χ2n) is 4.32. The van der Waals surface area contributed by atoms with Crippen molar-refractivity contribution < 1.29 is 19.1 Å². The van der Waals surface area contributed by atoms with Crippen LogP contribution in [-0.2, 0) is 19.1 Å². The van der Waals surface area contributed by atoms with Crippen LogP contribution in [-0.4, -0.2) is 36.9 Å². The number of carbonyl (C=O) groups excluding carboxylic acids is 2. The van der Waals surface area contributed by atoms with Gasteiger partial charge in [0.05, 0.1) is 25.0 Å². The standard InChI is InChI=1S/C14H14Cl4O4/c1-21-13(19)11(17)9(15)7-4-3-5-8(6-7)10(16)12(18)14(20)22-2/h3-6,9-12H,1-2H3/t9-,10+,11-,12-/m1/s1. The Bertz CT molecular complexity index is 494. The van der Waals surface area contributed by atoms with E-state index < -0.39 is 33.4 Å². The third-order valence-corrected chi connectivity index (χ3v) is 5.04. The summed E-state index contributed by atoms with van der Waals surface area (Å²) in [4.78, 5) is 22.9. The molecule has 4 nitrogen and oxygen atoms in total. The van der Waals surface area contributed by atoms with Gasteiger partial charge >= 0.3 is 11.9 Å². The fourth-order valence-electron chi connectivity index (χ4n) is 1.70. The first-order chi connectivity index (χ1) is 10.3. The quantitative estimate of drug-likeness (QED) is 0.550. The molecule has 122 valence electrons. The van der Waals surface area contributed by atoms with Crippen molar-refractivity contribution in [3.05, 3.63) is 35.4 Å². The molecule has 4 atom stereocenters. The molecule has 0 saturated carbocycles. The fraction of sp³-hybridized carbons (Fsp3) is 0.429. The van der Waals surface area contributed by atoms with Crippen LogP contribution in [0.4, 0.5) is 0 Å². The van der Waals surface area contributed by atoms with E-state index in [0.717, 1.165) is 0 Å². The number of hydrogen-bond acceptors (Lipinski definition) is 4. The molecule has 0 saturated heterocycles. The number of hydrogen-bond donors (Lipinski definition) is 0. The highest BCUT2D eigenvalue weighted by molar-refractivity contribution is 6.37. The molecule has 0 spiro atoms. The summed E-state index contributed by atoms with van der Waals surface area (Å²) in [6.45, 7) is 0. The highest BCUT2D eigenvalue weighted by Crippen LogP contribution is 2.34. The maximum atomic E-state index is 11.4. The number of carbonyl (C=O) groups is 2. The Kier molecular flexibility index (Phi) is 7.77. The van der Waals surface area contributed by atoms with Crippen molar-refractivity contribution in [2.24, 2.45) is 0 Å². The van der Waals surface area contributed by atoms with Crippen LogP contribution in [0.15, 0.2) is 24.3 Å². The minimum absolute atomic E-state index is 0.559. The van der Waals surface area contributed by atoms with Gasteiger partial charge < -0.3 is 9.47 Å². The van der Waals surface area contributed by atoms with E-state index in [2.05, 4.69) is 9.47 Å². The van der Waals surface area contributed by atoms with Crippen molar-refractivity contribution in [1.82, 2.24) is 0 Å². The maximum Gasteiger partial charge on any atom is 0.325 e. The Hall–Kier alpha value is -0.680. The first kappa shape index (κ1) is 19.4. The molecule has 8 heteroatoms. The molecular weight excluding hydrogens is 374 g/mol. The summed E-state index contributed by atoms with van der Waals surface area (Å²) in [5.41, 5.74) is 1.12. The minimum Gasteiger partial charge on any atom is -0.468 e. The number of esters is 2. The number of halogens is 4. The SMILES string of the molecule is COC(=O)[C@H](Cl)[C@H](Cl)c1cccc([C@H](Cl)[C@@H](Cl)C(=O)OC)c1. The number of ether oxygens (including phenoxy) is 2. The van der Waals surface area contributed by atoms with Crippen LogP contribution in [0, 0.1) is 0 Å². The Labute approximate surface area is 148 Å². The van der Waals surface area contributed by atoms with Crippen molar-refractivity contribution in [3.8, 4) is 0 Å². The lowest BCUT2D eigenvalue weighted by atomic mass is 10.0. The second-order valence-corrected chi connectivity index (χ2v) is 6.20. The van der Waals surface area contributed by atoms with Gasteiger partial charge in [-0.15, -0.1) is 46.4 Å². The van der Waals surface area contributed by atoms with E-state index in [1.54, 1.807) is 24.3 Å². The molecule has 22 heavy (non-hydrogen) atoms. The van der Waals surface area contributed by atoms with Gasteiger partial charge in [-0.05, 0) is 11.1 Å². The van der Waals surface area contributed by atoms with E-state index in [1.807, 2.05) is 0 Å². The lowest BCUT2D eigenvalue weighted by Gasteiger charge is -2.18. The van der Waals surface area contributed by atoms with Crippen LogP contribution in [0.1, 0.15) is 21.9 Å². The van der Waals surface area contributed by atoms with Gasteiger partial charge in [-0.3, -0.25) is 9.59 Å². The van der Waals surface area contributed by atoms with Crippen molar-refractivity contribution in [2.75, 3.05) is 14.2 Å². The molecule has 1 aromatic rings. The summed E-state index contributed by atoms with van der Waals surface area (Å²) in [5.74, 6) is -1.28. The van der Waals surface area contributed by atoms with E-state index in [-0.39, 0.29) is 0 Å². The van der Waals surface area contributed by atoms with E-state index in [1.165, 1.54) is 14.2 Å². The summed E-state index contributed by atoms with van der Waals surface area (Å²) >= 11 is 24.2. The van der Waals surface area contributed by atoms with Gasteiger partial charge in [0.1, 0.15) is 0 Å².